The van der Waals surface area contributed by atoms with Crippen LogP contribution >= 0.6 is 11.6 Å². The first-order chi connectivity index (χ1) is 20.7. The third kappa shape index (κ3) is 5.86. The molecule has 0 unspecified atom stereocenters. The Morgan fingerprint density at radius 2 is 1.81 bits per heavy atom. The molecular formula is C34H38ClN5O3. The largest absolute Gasteiger partial charge is 0.358 e. The summed E-state index contributed by atoms with van der Waals surface area (Å²) in [5.74, 6) is -0.424. The van der Waals surface area contributed by atoms with Crippen LogP contribution in [0.4, 0.5) is 5.69 Å². The number of aryl methyl sites for hydroxylation is 1. The number of nitrogens with one attached hydrogen (secondary N) is 3. The third-order valence-electron chi connectivity index (χ3n) is 9.07. The highest BCUT2D eigenvalue weighted by Crippen LogP contribution is 2.35. The molecule has 2 aromatic carbocycles. The molecule has 0 saturated carbocycles. The van der Waals surface area contributed by atoms with Crippen LogP contribution in [-0.4, -0.2) is 64.7 Å². The number of carbonyl (C=O) groups excluding carboxylic acids is 3. The number of rotatable bonds is 7. The highest BCUT2D eigenvalue weighted by Gasteiger charge is 2.34. The smallest absolute Gasteiger partial charge is 0.256 e. The molecule has 4 heterocycles. The first-order valence-corrected chi connectivity index (χ1v) is 15.5. The molecule has 224 valence electrons. The number of hydrogen-bond donors (Lipinski definition) is 3. The zero-order valence-corrected chi connectivity index (χ0v) is 25.7. The Kier molecular flexibility index (Phi) is 8.16. The van der Waals surface area contributed by atoms with Crippen LogP contribution in [0.3, 0.4) is 0 Å². The second kappa shape index (κ2) is 12.0. The first-order valence-electron chi connectivity index (χ1n) is 15.2. The summed E-state index contributed by atoms with van der Waals surface area (Å²) in [6.07, 6.45) is 6.33. The maximum atomic E-state index is 13.8. The van der Waals surface area contributed by atoms with Gasteiger partial charge in [0.05, 0.1) is 17.2 Å². The molecule has 3 amide bonds. The van der Waals surface area contributed by atoms with Crippen molar-refractivity contribution in [2.24, 2.45) is 0 Å². The Morgan fingerprint density at radius 3 is 2.56 bits per heavy atom. The van der Waals surface area contributed by atoms with Crippen molar-refractivity contribution in [3.8, 4) is 0 Å². The molecule has 0 aliphatic carbocycles. The van der Waals surface area contributed by atoms with E-state index in [0.717, 1.165) is 61.5 Å². The fraction of sp³-hybridized carbons (Fsp3) is 0.382. The van der Waals surface area contributed by atoms with Crippen LogP contribution < -0.4 is 10.6 Å². The van der Waals surface area contributed by atoms with Gasteiger partial charge in [-0.05, 0) is 107 Å². The lowest BCUT2D eigenvalue weighted by Gasteiger charge is -2.28. The fourth-order valence-corrected chi connectivity index (χ4v) is 6.80. The van der Waals surface area contributed by atoms with Gasteiger partial charge in [0.25, 0.3) is 17.7 Å². The number of carbonyl (C=O) groups is 3. The minimum atomic E-state index is -0.244. The van der Waals surface area contributed by atoms with Gasteiger partial charge in [-0.15, -0.1) is 0 Å². The van der Waals surface area contributed by atoms with Gasteiger partial charge in [0.15, 0.2) is 0 Å². The molecule has 2 atom stereocenters. The maximum absolute atomic E-state index is 13.8. The Balaban J connectivity index is 1.23. The van der Waals surface area contributed by atoms with Gasteiger partial charge >= 0.3 is 0 Å². The summed E-state index contributed by atoms with van der Waals surface area (Å²) in [5, 5.41) is 6.57. The molecule has 0 radical (unpaired) electrons. The lowest BCUT2D eigenvalue weighted by molar-refractivity contribution is -0.110. The van der Waals surface area contributed by atoms with Crippen molar-refractivity contribution in [2.45, 2.75) is 58.5 Å². The van der Waals surface area contributed by atoms with Crippen molar-refractivity contribution in [1.82, 2.24) is 20.1 Å². The number of aromatic amines is 1. The van der Waals surface area contributed by atoms with E-state index in [2.05, 4.69) is 20.5 Å². The number of amides is 3. The normalized spacial score (nSPS) is 20.0. The van der Waals surface area contributed by atoms with Crippen molar-refractivity contribution in [3.63, 3.8) is 0 Å². The average Bonchev–Trinajstić information content (AvgIpc) is 3.78. The van der Waals surface area contributed by atoms with Crippen LogP contribution in [0.2, 0.25) is 5.02 Å². The summed E-state index contributed by atoms with van der Waals surface area (Å²) >= 11 is 6.01. The first kappa shape index (κ1) is 29.2. The molecule has 43 heavy (non-hydrogen) atoms. The second-order valence-corrected chi connectivity index (χ2v) is 12.4. The molecule has 2 fully saturated rings. The average molecular weight is 600 g/mol. The standard InChI is InChI=1S/C34H38ClN5O3/c1-20-30(36-22(3)31(20)34(43)40-16-6-7-26(40)19-39-14-4-5-15-39)18-28-27-17-24(10-13-29(27)38-33(28)42)32(41)37-21(2)23-8-11-25(35)12-9-23/h8-13,17-18,21,26,36H,4-7,14-16,19H2,1-3H3,(H,37,41)(H,38,42)/b28-18-/t21-,26-/m0/s1. The van der Waals surface area contributed by atoms with E-state index in [9.17, 15) is 14.4 Å². The van der Waals surface area contributed by atoms with Gasteiger partial charge in [0.1, 0.15) is 0 Å². The summed E-state index contributed by atoms with van der Waals surface area (Å²) in [5.41, 5.74) is 6.18. The Hall–Kier alpha value is -3.88. The Labute approximate surface area is 257 Å². The second-order valence-electron chi connectivity index (χ2n) is 12.0. The van der Waals surface area contributed by atoms with Crippen molar-refractivity contribution in [2.75, 3.05) is 31.5 Å². The highest BCUT2D eigenvalue weighted by atomic mass is 35.5. The summed E-state index contributed by atoms with van der Waals surface area (Å²) in [6.45, 7) is 9.72. The van der Waals surface area contributed by atoms with Crippen LogP contribution in [0.25, 0.3) is 11.6 Å². The van der Waals surface area contributed by atoms with Crippen molar-refractivity contribution < 1.29 is 14.4 Å². The minimum Gasteiger partial charge on any atom is -0.358 e. The topological polar surface area (TPSA) is 97.5 Å². The van der Waals surface area contributed by atoms with Crippen molar-refractivity contribution in [3.05, 3.63) is 86.7 Å². The van der Waals surface area contributed by atoms with Crippen molar-refractivity contribution in [1.29, 1.82) is 0 Å². The van der Waals surface area contributed by atoms with E-state index < -0.39 is 0 Å². The minimum absolute atomic E-state index is 0.0580. The molecule has 6 rings (SSSR count). The number of aromatic nitrogens is 1. The summed E-state index contributed by atoms with van der Waals surface area (Å²) < 4.78 is 0. The van der Waals surface area contributed by atoms with E-state index in [1.807, 2.05) is 37.8 Å². The Morgan fingerprint density at radius 1 is 1.07 bits per heavy atom. The van der Waals surface area contributed by atoms with E-state index in [1.54, 1.807) is 36.4 Å². The zero-order chi connectivity index (χ0) is 30.2. The third-order valence-corrected chi connectivity index (χ3v) is 9.32. The molecule has 8 nitrogen and oxygen atoms in total. The number of nitrogens with zero attached hydrogens (tertiary/aromatic N) is 2. The van der Waals surface area contributed by atoms with Crippen molar-refractivity contribution >= 4 is 46.7 Å². The number of benzene rings is 2. The molecule has 3 aromatic rings. The number of hydrogen-bond acceptors (Lipinski definition) is 4. The number of likely N-dealkylation sites (tertiary alicyclic amines) is 2. The molecule has 3 N–H and O–H groups in total. The van der Waals surface area contributed by atoms with Crippen LogP contribution in [0.1, 0.15) is 87.4 Å². The maximum Gasteiger partial charge on any atom is 0.256 e. The van der Waals surface area contributed by atoms with E-state index in [1.165, 1.54) is 12.8 Å². The molecule has 0 spiro atoms. The van der Waals surface area contributed by atoms with Gasteiger partial charge in [-0.3, -0.25) is 14.4 Å². The van der Waals surface area contributed by atoms with Gasteiger partial charge in [0, 0.05) is 52.4 Å². The van der Waals surface area contributed by atoms with Gasteiger partial charge in [-0.2, -0.15) is 0 Å². The predicted octanol–water partition coefficient (Wildman–Crippen LogP) is 5.97. The SMILES string of the molecule is Cc1[nH]c(/C=C2\C(=O)Nc3ccc(C(=O)N[C@@H](C)c4ccc(Cl)cc4)cc32)c(C)c1C(=O)N1CCC[C@H]1CN1CCCC1. The van der Waals surface area contributed by atoms with Gasteiger partial charge < -0.3 is 25.4 Å². The molecule has 2 saturated heterocycles. The van der Waals surface area contributed by atoms with Crippen LogP contribution in [0.5, 0.6) is 0 Å². The fourth-order valence-electron chi connectivity index (χ4n) is 6.67. The van der Waals surface area contributed by atoms with E-state index in [-0.39, 0.29) is 29.8 Å². The Bertz CT molecular complexity index is 1600. The molecule has 1 aromatic heterocycles. The molecule has 3 aliphatic rings. The lowest BCUT2D eigenvalue weighted by atomic mass is 10.0. The van der Waals surface area contributed by atoms with E-state index in [4.69, 9.17) is 11.6 Å². The van der Waals surface area contributed by atoms with Crippen LogP contribution in [0.15, 0.2) is 42.5 Å². The monoisotopic (exact) mass is 599 g/mol. The number of fused-ring (bicyclic) bond motifs is 1. The molecule has 3 aliphatic heterocycles. The quantitative estimate of drug-likeness (QED) is 0.292. The number of halogens is 1. The zero-order valence-electron chi connectivity index (χ0n) is 24.9. The van der Waals surface area contributed by atoms with E-state index >= 15 is 0 Å². The molecular weight excluding hydrogens is 562 g/mol. The number of anilines is 1. The van der Waals surface area contributed by atoms with Crippen LogP contribution in [-0.2, 0) is 4.79 Å². The van der Waals surface area contributed by atoms with Gasteiger partial charge in [0.2, 0.25) is 0 Å². The molecule has 0 bridgehead atoms. The van der Waals surface area contributed by atoms with Gasteiger partial charge in [-0.1, -0.05) is 23.7 Å². The summed E-state index contributed by atoms with van der Waals surface area (Å²) in [4.78, 5) is 48.0. The number of H-pyrrole nitrogens is 1. The van der Waals surface area contributed by atoms with Gasteiger partial charge in [-0.25, -0.2) is 0 Å². The van der Waals surface area contributed by atoms with E-state index in [0.29, 0.717) is 33.0 Å². The lowest BCUT2D eigenvalue weighted by Crippen LogP contribution is -2.42. The summed E-state index contributed by atoms with van der Waals surface area (Å²) in [7, 11) is 0. The summed E-state index contributed by atoms with van der Waals surface area (Å²) in [6, 6.07) is 12.6. The molecule has 9 heteroatoms. The van der Waals surface area contributed by atoms with Crippen LogP contribution in [0, 0.1) is 13.8 Å². The highest BCUT2D eigenvalue weighted by molar-refractivity contribution is 6.35. The predicted molar refractivity (Wildman–Crippen MR) is 170 cm³/mol.